The molecule has 0 bridgehead atoms. The second-order valence-electron chi connectivity index (χ2n) is 5.09. The molecule has 2 fully saturated rings. The molecule has 0 atom stereocenters. The first kappa shape index (κ1) is 20.1. The second kappa shape index (κ2) is 9.20. The summed E-state index contributed by atoms with van der Waals surface area (Å²) in [4.78, 5) is 13.5. The summed E-state index contributed by atoms with van der Waals surface area (Å²) in [5.41, 5.74) is 1.46. The monoisotopic (exact) mass is 339 g/mol. The van der Waals surface area contributed by atoms with Crippen LogP contribution in [0.1, 0.15) is 32.3 Å². The third kappa shape index (κ3) is 4.81. The van der Waals surface area contributed by atoms with Crippen molar-refractivity contribution >= 4 is 6.09 Å². The molecule has 112 valence electrons. The van der Waals surface area contributed by atoms with E-state index < -0.39 is 0 Å². The zero-order valence-corrected chi connectivity index (χ0v) is 16.4. The molecule has 1 aliphatic heterocycles. The van der Waals surface area contributed by atoms with Gasteiger partial charge >= 0.3 is 25.6 Å². The molecule has 2 aliphatic rings. The molecule has 3 rings (SSSR count). The van der Waals surface area contributed by atoms with Crippen LogP contribution < -0.4 is 0 Å². The van der Waals surface area contributed by atoms with E-state index in [1.54, 1.807) is 4.90 Å². The van der Waals surface area contributed by atoms with Gasteiger partial charge in [0.15, 0.2) is 0 Å². The summed E-state index contributed by atoms with van der Waals surface area (Å²) in [6.07, 6.45) is 4.43. The predicted octanol–water partition coefficient (Wildman–Crippen LogP) is 4.10. The van der Waals surface area contributed by atoms with Crippen molar-refractivity contribution in [3.63, 3.8) is 0 Å². The molecule has 1 spiro atoms. The molecule has 1 heterocycles. The van der Waals surface area contributed by atoms with Crippen LogP contribution in [0.5, 0.6) is 0 Å². The van der Waals surface area contributed by atoms with E-state index in [1.165, 1.54) is 0 Å². The van der Waals surface area contributed by atoms with Gasteiger partial charge in [-0.3, -0.25) is 0 Å². The number of nitrogens with zero attached hydrogens (tertiary/aromatic N) is 1. The summed E-state index contributed by atoms with van der Waals surface area (Å²) in [6, 6.07) is 9.78. The smallest absolute Gasteiger partial charge is 0.445 e. The van der Waals surface area contributed by atoms with E-state index in [-0.39, 0.29) is 33.0 Å². The van der Waals surface area contributed by atoms with Gasteiger partial charge in [0.2, 0.25) is 0 Å². The Labute approximate surface area is 141 Å². The van der Waals surface area contributed by atoms with Crippen LogP contribution in [0.25, 0.3) is 0 Å². The Morgan fingerprint density at radius 2 is 1.81 bits per heavy atom. The maximum atomic E-state index is 11.7. The van der Waals surface area contributed by atoms with Crippen molar-refractivity contribution in [3.8, 4) is 0 Å². The van der Waals surface area contributed by atoms with Crippen molar-refractivity contribution in [2.24, 2.45) is 5.41 Å². The molecule has 1 saturated carbocycles. The normalized spacial score (nSPS) is 17.0. The van der Waals surface area contributed by atoms with Crippen LogP contribution in [-0.2, 0) is 30.8 Å². The maximum absolute atomic E-state index is 11.7. The zero-order chi connectivity index (χ0) is 13.7. The van der Waals surface area contributed by atoms with Crippen LogP contribution in [0.15, 0.2) is 30.3 Å². The van der Waals surface area contributed by atoms with E-state index in [2.05, 4.69) is 6.42 Å². The number of ether oxygens (including phenoxy) is 1. The first-order valence-electron chi connectivity index (χ1n) is 7.05. The van der Waals surface area contributed by atoms with Crippen LogP contribution >= 0.6 is 0 Å². The van der Waals surface area contributed by atoms with E-state index in [4.69, 9.17) is 4.74 Å². The molecular weight excluding hydrogens is 316 g/mol. The van der Waals surface area contributed by atoms with Gasteiger partial charge in [0.1, 0.15) is 6.61 Å². The van der Waals surface area contributed by atoms with Crippen LogP contribution in [0.3, 0.4) is 0 Å². The summed E-state index contributed by atoms with van der Waals surface area (Å²) in [7, 11) is 0. The maximum Gasteiger partial charge on any atom is 2.00 e. The molecule has 1 saturated heterocycles. The topological polar surface area (TPSA) is 29.5 Å². The molecule has 1 aromatic carbocycles. The Morgan fingerprint density at radius 1 is 1.24 bits per heavy atom. The Balaban J connectivity index is 0.000000961. The summed E-state index contributed by atoms with van der Waals surface area (Å²) in [5.74, 6) is 0. The summed E-state index contributed by atoms with van der Waals surface area (Å²) >= 11 is 0. The standard InChI is InChI=1S/C14H16NO2.C2H6.CH3.Zn/c16-13(15-10-14(11-15)7-4-8-14)17-9-12-5-2-1-3-6-12;1-2;;/h1-6H,7-11H2;1-2H3;1H3;/q-1;;-1;+2. The number of hydrogen-bond donors (Lipinski definition) is 0. The van der Waals surface area contributed by atoms with Crippen LogP contribution in [-0.4, -0.2) is 24.1 Å². The van der Waals surface area contributed by atoms with Gasteiger partial charge in [0.25, 0.3) is 0 Å². The van der Waals surface area contributed by atoms with Crippen LogP contribution in [0.2, 0.25) is 0 Å². The van der Waals surface area contributed by atoms with Crippen molar-refractivity contribution in [1.82, 2.24) is 4.90 Å². The van der Waals surface area contributed by atoms with E-state index in [0.29, 0.717) is 12.0 Å². The first-order valence-corrected chi connectivity index (χ1v) is 7.05. The third-order valence-corrected chi connectivity index (χ3v) is 3.67. The molecule has 1 aliphatic carbocycles. The SMILES string of the molecule is CC.O=C(OCc1ccccc1)N1CC2(C[CH-]C2)C1.[CH3-].[Zn+2]. The molecule has 0 N–H and O–H groups in total. The fourth-order valence-corrected chi connectivity index (χ4v) is 2.51. The third-order valence-electron chi connectivity index (χ3n) is 3.67. The van der Waals surface area contributed by atoms with Crippen molar-refractivity contribution in [3.05, 3.63) is 49.7 Å². The van der Waals surface area contributed by atoms with Gasteiger partial charge in [-0.05, 0) is 11.0 Å². The van der Waals surface area contributed by atoms with Crippen molar-refractivity contribution in [2.45, 2.75) is 33.3 Å². The largest absolute Gasteiger partial charge is 2.00 e. The molecule has 0 unspecified atom stereocenters. The zero-order valence-electron chi connectivity index (χ0n) is 13.5. The van der Waals surface area contributed by atoms with E-state index in [1.807, 2.05) is 44.2 Å². The molecule has 21 heavy (non-hydrogen) atoms. The summed E-state index contributed by atoms with van der Waals surface area (Å²) < 4.78 is 5.27. The average Bonchev–Trinajstić information content (AvgIpc) is 2.37. The van der Waals surface area contributed by atoms with Crippen LogP contribution in [0, 0.1) is 19.3 Å². The number of benzene rings is 1. The molecule has 1 aromatic rings. The van der Waals surface area contributed by atoms with Gasteiger partial charge in [0.05, 0.1) is 0 Å². The number of hydrogen-bond acceptors (Lipinski definition) is 2. The summed E-state index contributed by atoms with van der Waals surface area (Å²) in [5, 5.41) is 0. The van der Waals surface area contributed by atoms with Crippen molar-refractivity contribution < 1.29 is 29.0 Å². The Bertz CT molecular complexity index is 410. The van der Waals surface area contributed by atoms with Gasteiger partial charge in [0, 0.05) is 13.1 Å². The number of carbonyl (C=O) groups is 1. The molecule has 3 nitrogen and oxygen atoms in total. The van der Waals surface area contributed by atoms with Gasteiger partial charge in [-0.2, -0.15) is 12.8 Å². The number of likely N-dealkylation sites (tertiary alicyclic amines) is 1. The predicted molar refractivity (Wildman–Crippen MR) is 81.9 cm³/mol. The quantitative estimate of drug-likeness (QED) is 0.599. The molecular formula is C17H25NO2Zn. The molecule has 0 radical (unpaired) electrons. The van der Waals surface area contributed by atoms with Gasteiger partial charge in [-0.1, -0.05) is 44.2 Å². The van der Waals surface area contributed by atoms with E-state index in [9.17, 15) is 4.79 Å². The van der Waals surface area contributed by atoms with E-state index >= 15 is 0 Å². The second-order valence-corrected chi connectivity index (χ2v) is 5.09. The van der Waals surface area contributed by atoms with Crippen molar-refractivity contribution in [1.29, 1.82) is 0 Å². The summed E-state index contributed by atoms with van der Waals surface area (Å²) in [6.45, 7) is 6.11. The number of amides is 1. The number of rotatable bonds is 2. The fraction of sp³-hybridized carbons (Fsp3) is 0.471. The van der Waals surface area contributed by atoms with Gasteiger partial charge in [-0.15, -0.1) is 0 Å². The minimum atomic E-state index is -0.175. The number of carbonyl (C=O) groups excluding carboxylic acids is 1. The van der Waals surface area contributed by atoms with Crippen molar-refractivity contribution in [2.75, 3.05) is 13.1 Å². The minimum Gasteiger partial charge on any atom is -0.445 e. The fourth-order valence-electron chi connectivity index (χ4n) is 2.51. The Morgan fingerprint density at radius 3 is 2.29 bits per heavy atom. The molecule has 0 aromatic heterocycles. The van der Waals surface area contributed by atoms with E-state index in [0.717, 1.165) is 31.5 Å². The van der Waals surface area contributed by atoms with Crippen LogP contribution in [0.4, 0.5) is 4.79 Å². The minimum absolute atomic E-state index is 0. The molecule has 4 heteroatoms. The van der Waals surface area contributed by atoms with Gasteiger partial charge in [-0.25, -0.2) is 4.79 Å². The van der Waals surface area contributed by atoms with Gasteiger partial charge < -0.3 is 23.5 Å². The first-order chi connectivity index (χ1) is 9.27. The molecule has 1 amide bonds. The Hall–Kier alpha value is -0.887. The Kier molecular flexibility index (Phi) is 8.81. The average molecular weight is 341 g/mol.